The van der Waals surface area contributed by atoms with E-state index in [0.29, 0.717) is 16.3 Å². The molecule has 2 aliphatic carbocycles. The van der Waals surface area contributed by atoms with Gasteiger partial charge in [-0.2, -0.15) is 0 Å². The van der Waals surface area contributed by atoms with Gasteiger partial charge >= 0.3 is 0 Å². The summed E-state index contributed by atoms with van der Waals surface area (Å²) in [5.41, 5.74) is 14.3. The lowest BCUT2D eigenvalue weighted by Crippen LogP contribution is -2.27. The molecule has 0 fully saturated rings. The van der Waals surface area contributed by atoms with Crippen LogP contribution in [0.3, 0.4) is 0 Å². The molecule has 250 valence electrons. The lowest BCUT2D eigenvalue weighted by Gasteiger charge is -2.31. The largest absolute Gasteiger partial charge is 0.268 e. The first-order valence-electron chi connectivity index (χ1n) is 18.4. The van der Waals surface area contributed by atoms with Crippen LogP contribution < -0.4 is 11.1 Å². The third kappa shape index (κ3) is 3.61. The van der Waals surface area contributed by atoms with Crippen LogP contribution in [0.15, 0.2) is 186 Å². The molecule has 3 heteroatoms. The van der Waals surface area contributed by atoms with E-state index in [-0.39, 0.29) is 11.1 Å². The highest BCUT2D eigenvalue weighted by atomic mass is 16.2. The summed E-state index contributed by atoms with van der Waals surface area (Å²) in [6, 6.07) is 62.1. The molecule has 0 N–H and O–H groups in total. The quantitative estimate of drug-likeness (QED) is 0.134. The van der Waals surface area contributed by atoms with Crippen molar-refractivity contribution in [2.75, 3.05) is 0 Å². The van der Waals surface area contributed by atoms with Gasteiger partial charge in [-0.25, -0.2) is 4.40 Å². The first-order chi connectivity index (χ1) is 26.6. The van der Waals surface area contributed by atoms with Crippen molar-refractivity contribution < 1.29 is 0 Å². The Morgan fingerprint density at radius 2 is 0.741 bits per heavy atom. The van der Waals surface area contributed by atoms with Crippen LogP contribution in [0.25, 0.3) is 82.3 Å². The van der Waals surface area contributed by atoms with Gasteiger partial charge in [-0.05, 0) is 114 Å². The zero-order valence-corrected chi connectivity index (χ0v) is 29.0. The molecule has 2 heterocycles. The molecule has 3 nitrogen and oxygen atoms in total. The Balaban J connectivity index is 1.20. The van der Waals surface area contributed by atoms with Gasteiger partial charge in [-0.3, -0.25) is 9.59 Å². The minimum absolute atomic E-state index is 0.280. The van der Waals surface area contributed by atoms with Crippen molar-refractivity contribution in [1.29, 1.82) is 0 Å². The fourth-order valence-corrected chi connectivity index (χ4v) is 9.93. The lowest BCUT2D eigenvalue weighted by atomic mass is 9.70. The molecule has 2 aromatic heterocycles. The molecule has 0 aliphatic heterocycles. The standard InChI is InChI=1S/C51H29NO2/c53-49-40-18-6-4-14-34(40)42-26-33(27-43-35-15-5-7-19-41(35)50(54)52(49)48(42)43)32-23-25-39-38-24-22-31(30-12-2-1-3-13-30)28-46(38)51(47(39)29-32)44-20-10-8-16-36(44)37-17-9-11-21-45(37)51/h1-29H. The van der Waals surface area contributed by atoms with Crippen molar-refractivity contribution in [1.82, 2.24) is 4.40 Å². The number of hydrogen-bond donors (Lipinski definition) is 0. The maximum Gasteiger partial charge on any atom is 0.266 e. The smallest absolute Gasteiger partial charge is 0.266 e. The van der Waals surface area contributed by atoms with Crippen LogP contribution in [0.2, 0.25) is 0 Å². The number of nitrogens with zero attached hydrogens (tertiary/aromatic N) is 1. The van der Waals surface area contributed by atoms with Crippen molar-refractivity contribution in [2.24, 2.45) is 0 Å². The predicted molar refractivity (Wildman–Crippen MR) is 221 cm³/mol. The molecule has 54 heavy (non-hydrogen) atoms. The van der Waals surface area contributed by atoms with Gasteiger partial charge in [0.25, 0.3) is 11.1 Å². The molecule has 0 atom stereocenters. The molecule has 1 spiro atoms. The van der Waals surface area contributed by atoms with Crippen molar-refractivity contribution in [3.8, 4) is 44.5 Å². The van der Waals surface area contributed by atoms with E-state index in [0.717, 1.165) is 32.7 Å². The van der Waals surface area contributed by atoms with E-state index in [4.69, 9.17) is 0 Å². The van der Waals surface area contributed by atoms with Gasteiger partial charge in [-0.15, -0.1) is 0 Å². The summed E-state index contributed by atoms with van der Waals surface area (Å²) in [4.78, 5) is 27.9. The first kappa shape index (κ1) is 29.5. The second-order valence-electron chi connectivity index (χ2n) is 14.7. The Bertz CT molecular complexity index is 3230. The minimum atomic E-state index is -0.518. The summed E-state index contributed by atoms with van der Waals surface area (Å²) in [5.74, 6) is 0. The zero-order chi connectivity index (χ0) is 35.7. The summed E-state index contributed by atoms with van der Waals surface area (Å²) in [6.07, 6.45) is 0. The predicted octanol–water partition coefficient (Wildman–Crippen LogP) is 11.2. The van der Waals surface area contributed by atoms with Crippen molar-refractivity contribution in [3.05, 3.63) is 219 Å². The molecule has 0 unspecified atom stereocenters. The zero-order valence-electron chi connectivity index (χ0n) is 29.0. The molecule has 0 saturated carbocycles. The minimum Gasteiger partial charge on any atom is -0.268 e. The molecule has 8 aromatic carbocycles. The van der Waals surface area contributed by atoms with E-state index in [1.165, 1.54) is 60.0 Å². The van der Waals surface area contributed by atoms with Gasteiger partial charge < -0.3 is 0 Å². The average Bonchev–Trinajstić information content (AvgIpc) is 3.70. The molecule has 2 aliphatic rings. The molecule has 0 saturated heterocycles. The Morgan fingerprint density at radius 3 is 1.28 bits per heavy atom. The average molecular weight is 688 g/mol. The summed E-state index contributed by atoms with van der Waals surface area (Å²) < 4.78 is 1.39. The third-order valence-electron chi connectivity index (χ3n) is 12.2. The fraction of sp³-hybridized carbons (Fsp3) is 0.0196. The van der Waals surface area contributed by atoms with E-state index in [2.05, 4.69) is 127 Å². The summed E-state index contributed by atoms with van der Waals surface area (Å²) in [5, 5.41) is 4.56. The van der Waals surface area contributed by atoms with Gasteiger partial charge in [0, 0.05) is 21.5 Å². The monoisotopic (exact) mass is 687 g/mol. The topological polar surface area (TPSA) is 38.5 Å². The van der Waals surface area contributed by atoms with E-state index in [1.807, 2.05) is 48.5 Å². The van der Waals surface area contributed by atoms with E-state index >= 15 is 0 Å². The number of rotatable bonds is 2. The van der Waals surface area contributed by atoms with Crippen LogP contribution >= 0.6 is 0 Å². The lowest BCUT2D eigenvalue weighted by molar-refractivity contribution is 0.794. The van der Waals surface area contributed by atoms with Crippen LogP contribution in [0.5, 0.6) is 0 Å². The number of benzene rings is 8. The first-order valence-corrected chi connectivity index (χ1v) is 18.4. The van der Waals surface area contributed by atoms with Crippen molar-refractivity contribution >= 4 is 37.8 Å². The Hall–Kier alpha value is -7.10. The van der Waals surface area contributed by atoms with Gasteiger partial charge in [0.2, 0.25) is 0 Å². The van der Waals surface area contributed by atoms with Crippen LogP contribution in [0.4, 0.5) is 0 Å². The van der Waals surface area contributed by atoms with Crippen LogP contribution in [-0.4, -0.2) is 4.40 Å². The molecule has 12 rings (SSSR count). The maximum atomic E-state index is 14.0. The molecular formula is C51H29NO2. The Kier molecular flexibility index (Phi) is 5.73. The molecule has 10 aromatic rings. The number of fused-ring (bicyclic) bond motifs is 14. The Labute approximate surface area is 310 Å². The molecule has 0 radical (unpaired) electrons. The highest BCUT2D eigenvalue weighted by Gasteiger charge is 2.51. The van der Waals surface area contributed by atoms with Crippen molar-refractivity contribution in [2.45, 2.75) is 5.41 Å². The van der Waals surface area contributed by atoms with Gasteiger partial charge in [0.1, 0.15) is 0 Å². The Morgan fingerprint density at radius 1 is 0.315 bits per heavy atom. The molecular weight excluding hydrogens is 659 g/mol. The highest BCUT2D eigenvalue weighted by molar-refractivity contribution is 6.19. The van der Waals surface area contributed by atoms with Gasteiger partial charge in [0.15, 0.2) is 0 Å². The molecule has 0 bridgehead atoms. The summed E-state index contributed by atoms with van der Waals surface area (Å²) >= 11 is 0. The van der Waals surface area contributed by atoms with E-state index in [1.54, 1.807) is 0 Å². The van der Waals surface area contributed by atoms with Crippen molar-refractivity contribution in [3.63, 3.8) is 0 Å². The normalized spacial score (nSPS) is 13.5. The van der Waals surface area contributed by atoms with Gasteiger partial charge in [-0.1, -0.05) is 140 Å². The second-order valence-corrected chi connectivity index (χ2v) is 14.7. The van der Waals surface area contributed by atoms with Crippen LogP contribution in [-0.2, 0) is 5.41 Å². The third-order valence-corrected chi connectivity index (χ3v) is 12.2. The molecule has 0 amide bonds. The summed E-state index contributed by atoms with van der Waals surface area (Å²) in [7, 11) is 0. The summed E-state index contributed by atoms with van der Waals surface area (Å²) in [6.45, 7) is 0. The number of aromatic nitrogens is 1. The highest BCUT2D eigenvalue weighted by Crippen LogP contribution is 2.63. The van der Waals surface area contributed by atoms with E-state index < -0.39 is 5.41 Å². The van der Waals surface area contributed by atoms with Crippen LogP contribution in [0, 0.1) is 0 Å². The van der Waals surface area contributed by atoms with Gasteiger partial charge in [0.05, 0.1) is 10.9 Å². The van der Waals surface area contributed by atoms with E-state index in [9.17, 15) is 9.59 Å². The SMILES string of the molecule is O=c1c2ccccc2c2cc(-c3ccc4c(c3)C3(c5ccccc5-c5ccccc53)c3cc(-c5ccccc5)ccc3-4)cc3c4ccccc4c(=O)n1c23. The maximum absolute atomic E-state index is 14.0. The second kappa shape index (κ2) is 10.5. The number of hydrogen-bond acceptors (Lipinski definition) is 2. The van der Waals surface area contributed by atoms with Crippen LogP contribution in [0.1, 0.15) is 22.3 Å². The fourth-order valence-electron chi connectivity index (χ4n) is 9.93. The number of pyridine rings is 2.